The average Bonchev–Trinajstić information content (AvgIpc) is 2.14. The van der Waals surface area contributed by atoms with Gasteiger partial charge in [0.15, 0.2) is 0 Å². The first-order valence-corrected chi connectivity index (χ1v) is 5.62. The lowest BCUT2D eigenvalue weighted by Gasteiger charge is -1.97. The second-order valence-electron chi connectivity index (χ2n) is 3.30. The molecular weight excluding hydrogens is 176 g/mol. The van der Waals surface area contributed by atoms with Gasteiger partial charge in [-0.3, -0.25) is 0 Å². The number of allylic oxidation sites excluding steroid dienone is 1. The highest BCUT2D eigenvalue weighted by Crippen LogP contribution is 2.16. The van der Waals surface area contributed by atoms with Gasteiger partial charge in [0.1, 0.15) is 0 Å². The zero-order chi connectivity index (χ0) is 9.52. The van der Waals surface area contributed by atoms with Crippen LogP contribution in [0, 0.1) is 5.92 Å². The van der Waals surface area contributed by atoms with Gasteiger partial charge < -0.3 is 0 Å². The zero-order valence-electron chi connectivity index (χ0n) is 8.23. The quantitative estimate of drug-likeness (QED) is 0.513. The Morgan fingerprint density at radius 2 is 1.92 bits per heavy atom. The molecule has 0 unspecified atom stereocenters. The summed E-state index contributed by atoms with van der Waals surface area (Å²) in [4.78, 5) is 1.34. The summed E-state index contributed by atoms with van der Waals surface area (Å²) in [5.74, 6) is 1.73. The second kappa shape index (κ2) is 5.87. The minimum atomic E-state index is 0.663. The van der Waals surface area contributed by atoms with E-state index in [9.17, 15) is 0 Å². The van der Waals surface area contributed by atoms with Crippen LogP contribution in [0.25, 0.3) is 0 Å². The molecule has 0 N–H and O–H groups in total. The topological polar surface area (TPSA) is 0 Å². The van der Waals surface area contributed by atoms with Gasteiger partial charge in [0, 0.05) is 10.6 Å². The molecule has 0 aliphatic heterocycles. The van der Waals surface area contributed by atoms with Crippen LogP contribution in [0.4, 0.5) is 0 Å². The van der Waals surface area contributed by atoms with Gasteiger partial charge >= 0.3 is 0 Å². The van der Waals surface area contributed by atoms with E-state index >= 15 is 0 Å². The summed E-state index contributed by atoms with van der Waals surface area (Å²) in [6.07, 6.45) is 4.48. The molecule has 0 radical (unpaired) electrons. The van der Waals surface area contributed by atoms with Crippen LogP contribution in [0.15, 0.2) is 47.4 Å². The third-order valence-electron chi connectivity index (χ3n) is 1.61. The molecule has 0 saturated carbocycles. The summed E-state index contributed by atoms with van der Waals surface area (Å²) < 4.78 is 0. The molecule has 0 heterocycles. The van der Waals surface area contributed by atoms with Crippen molar-refractivity contribution in [3.63, 3.8) is 0 Å². The van der Waals surface area contributed by atoms with Gasteiger partial charge in [-0.25, -0.2) is 0 Å². The van der Waals surface area contributed by atoms with Crippen molar-refractivity contribution in [3.8, 4) is 0 Å². The number of hydrogen-bond acceptors (Lipinski definition) is 1. The van der Waals surface area contributed by atoms with E-state index in [1.807, 2.05) is 17.8 Å². The molecule has 0 nitrogen and oxygen atoms in total. The molecule has 0 bridgehead atoms. The predicted molar refractivity (Wildman–Crippen MR) is 61.1 cm³/mol. The van der Waals surface area contributed by atoms with Crippen LogP contribution in [0.3, 0.4) is 0 Å². The first-order valence-electron chi connectivity index (χ1n) is 4.63. The monoisotopic (exact) mass is 192 g/mol. The molecule has 0 atom stereocenters. The molecule has 0 spiro atoms. The molecule has 13 heavy (non-hydrogen) atoms. The summed E-state index contributed by atoms with van der Waals surface area (Å²) in [6.45, 7) is 4.40. The van der Waals surface area contributed by atoms with Crippen molar-refractivity contribution in [3.05, 3.63) is 42.5 Å². The third kappa shape index (κ3) is 4.79. The van der Waals surface area contributed by atoms with E-state index in [0.29, 0.717) is 5.92 Å². The van der Waals surface area contributed by atoms with Crippen LogP contribution in [0.1, 0.15) is 13.8 Å². The van der Waals surface area contributed by atoms with Crippen LogP contribution in [-0.2, 0) is 0 Å². The first kappa shape index (κ1) is 10.4. The molecule has 0 aliphatic rings. The van der Waals surface area contributed by atoms with Crippen molar-refractivity contribution in [2.45, 2.75) is 18.7 Å². The van der Waals surface area contributed by atoms with Crippen molar-refractivity contribution < 1.29 is 0 Å². The zero-order valence-corrected chi connectivity index (χ0v) is 9.05. The molecular formula is C12H16S. The summed E-state index contributed by atoms with van der Waals surface area (Å²) >= 11 is 1.88. The number of hydrogen-bond donors (Lipinski definition) is 0. The van der Waals surface area contributed by atoms with E-state index < -0.39 is 0 Å². The van der Waals surface area contributed by atoms with Gasteiger partial charge in [0.25, 0.3) is 0 Å². The van der Waals surface area contributed by atoms with E-state index in [2.05, 4.69) is 50.3 Å². The molecule has 70 valence electrons. The van der Waals surface area contributed by atoms with Gasteiger partial charge in [-0.2, -0.15) is 0 Å². The third-order valence-corrected chi connectivity index (χ3v) is 2.58. The number of thioether (sulfide) groups is 1. The van der Waals surface area contributed by atoms with Gasteiger partial charge in [-0.1, -0.05) is 44.2 Å². The fraction of sp³-hybridized carbons (Fsp3) is 0.333. The van der Waals surface area contributed by atoms with Crippen molar-refractivity contribution in [1.82, 2.24) is 0 Å². The summed E-state index contributed by atoms with van der Waals surface area (Å²) in [6, 6.07) is 10.5. The van der Waals surface area contributed by atoms with Crippen LogP contribution in [-0.4, -0.2) is 5.75 Å². The van der Waals surface area contributed by atoms with E-state index in [-0.39, 0.29) is 0 Å². The van der Waals surface area contributed by atoms with Crippen molar-refractivity contribution >= 4 is 11.8 Å². The van der Waals surface area contributed by atoms with E-state index in [4.69, 9.17) is 0 Å². The molecule has 0 aliphatic carbocycles. The lowest BCUT2D eigenvalue weighted by atomic mass is 10.2. The van der Waals surface area contributed by atoms with Crippen LogP contribution in [0.5, 0.6) is 0 Å². The first-order chi connectivity index (χ1) is 6.29. The minimum Gasteiger partial charge on any atom is -0.122 e. The highest BCUT2D eigenvalue weighted by atomic mass is 32.2. The SMILES string of the molecule is CC(C)/C=C\CSc1ccccc1. The molecule has 1 aromatic rings. The van der Waals surface area contributed by atoms with E-state index in [1.54, 1.807) is 0 Å². The highest BCUT2D eigenvalue weighted by Gasteiger charge is 1.88. The minimum absolute atomic E-state index is 0.663. The van der Waals surface area contributed by atoms with E-state index in [0.717, 1.165) is 5.75 Å². The predicted octanol–water partition coefficient (Wildman–Crippen LogP) is 3.99. The molecule has 1 heteroatoms. The average molecular weight is 192 g/mol. The normalized spacial score (nSPS) is 11.3. The lowest BCUT2D eigenvalue weighted by molar-refractivity contribution is 0.830. The molecule has 0 saturated heterocycles. The standard InChI is InChI=1S/C12H16S/c1-11(2)7-6-10-13-12-8-4-3-5-9-12/h3-9,11H,10H2,1-2H3/b7-6-. The summed E-state index contributed by atoms with van der Waals surface area (Å²) in [5.41, 5.74) is 0. The Balaban J connectivity index is 2.28. The van der Waals surface area contributed by atoms with Crippen molar-refractivity contribution in [2.75, 3.05) is 5.75 Å². The maximum atomic E-state index is 2.25. The van der Waals surface area contributed by atoms with Crippen LogP contribution in [0.2, 0.25) is 0 Å². The Kier molecular flexibility index (Phi) is 4.69. The summed E-state index contributed by atoms with van der Waals surface area (Å²) in [7, 11) is 0. The molecule has 0 aromatic heterocycles. The van der Waals surface area contributed by atoms with Crippen LogP contribution >= 0.6 is 11.8 Å². The summed E-state index contributed by atoms with van der Waals surface area (Å²) in [5, 5.41) is 0. The largest absolute Gasteiger partial charge is 0.122 e. The maximum absolute atomic E-state index is 2.25. The Labute approximate surface area is 85.1 Å². The molecule has 1 aromatic carbocycles. The van der Waals surface area contributed by atoms with Gasteiger partial charge in [-0.05, 0) is 18.1 Å². The Morgan fingerprint density at radius 3 is 2.54 bits per heavy atom. The van der Waals surface area contributed by atoms with Crippen molar-refractivity contribution in [2.24, 2.45) is 5.92 Å². The highest BCUT2D eigenvalue weighted by molar-refractivity contribution is 7.99. The van der Waals surface area contributed by atoms with Gasteiger partial charge in [0.2, 0.25) is 0 Å². The lowest BCUT2D eigenvalue weighted by Crippen LogP contribution is -1.78. The van der Waals surface area contributed by atoms with Crippen LogP contribution < -0.4 is 0 Å². The molecule has 1 rings (SSSR count). The molecule has 0 amide bonds. The Morgan fingerprint density at radius 1 is 1.23 bits per heavy atom. The number of benzene rings is 1. The maximum Gasteiger partial charge on any atom is 0.0160 e. The van der Waals surface area contributed by atoms with E-state index in [1.165, 1.54) is 4.90 Å². The van der Waals surface area contributed by atoms with Gasteiger partial charge in [-0.15, -0.1) is 11.8 Å². The Bertz CT molecular complexity index is 249. The second-order valence-corrected chi connectivity index (χ2v) is 4.39. The number of rotatable bonds is 4. The fourth-order valence-electron chi connectivity index (χ4n) is 0.989. The Hall–Kier alpha value is -0.690. The smallest absolute Gasteiger partial charge is 0.0160 e. The fourth-order valence-corrected chi connectivity index (χ4v) is 1.74. The molecule has 0 fully saturated rings. The van der Waals surface area contributed by atoms with Crippen molar-refractivity contribution in [1.29, 1.82) is 0 Å². The van der Waals surface area contributed by atoms with Gasteiger partial charge in [0.05, 0.1) is 0 Å².